The zero-order valence-corrected chi connectivity index (χ0v) is 10.00. The molecule has 0 amide bonds. The fraction of sp³-hybridized carbons (Fsp3) is 0.750. The quantitative estimate of drug-likeness (QED) is 0.666. The lowest BCUT2D eigenvalue weighted by Crippen LogP contribution is -2.02. The van der Waals surface area contributed by atoms with Gasteiger partial charge in [0.25, 0.3) is 0 Å². The van der Waals surface area contributed by atoms with Gasteiger partial charge >= 0.3 is 0 Å². The predicted octanol–water partition coefficient (Wildman–Crippen LogP) is 3.19. The maximum atomic E-state index is 4.26. The Labute approximate surface area is 92.9 Å². The van der Waals surface area contributed by atoms with Crippen molar-refractivity contribution in [2.45, 2.75) is 45.4 Å². The minimum atomic E-state index is 0.992. The number of aromatic nitrogens is 2. The minimum absolute atomic E-state index is 0.992. The molecule has 3 nitrogen and oxygen atoms in total. The Morgan fingerprint density at radius 3 is 2.60 bits per heavy atom. The molecule has 0 bridgehead atoms. The molecule has 0 aliphatic carbocycles. The molecular formula is C12H23N3. The Kier molecular flexibility index (Phi) is 5.90. The van der Waals surface area contributed by atoms with Crippen molar-refractivity contribution in [3.63, 3.8) is 0 Å². The standard InChI is InChI=1S/C12H23N3/c1-3-4-5-6-7-8-10-13-12-9-11-15(2)14-12/h9,11H,3-8,10H2,1-2H3,(H,13,14). The summed E-state index contributed by atoms with van der Waals surface area (Å²) in [5.41, 5.74) is 0. The zero-order valence-electron chi connectivity index (χ0n) is 10.00. The van der Waals surface area contributed by atoms with Gasteiger partial charge in [0.15, 0.2) is 0 Å². The average Bonchev–Trinajstić information content (AvgIpc) is 2.63. The predicted molar refractivity (Wildman–Crippen MR) is 65.1 cm³/mol. The number of anilines is 1. The molecule has 0 saturated heterocycles. The summed E-state index contributed by atoms with van der Waals surface area (Å²) < 4.78 is 1.82. The molecule has 0 saturated carbocycles. The van der Waals surface area contributed by atoms with E-state index in [9.17, 15) is 0 Å². The molecule has 0 aliphatic rings. The molecule has 1 heterocycles. The first-order valence-electron chi connectivity index (χ1n) is 6.06. The van der Waals surface area contributed by atoms with Gasteiger partial charge in [0.05, 0.1) is 0 Å². The Hall–Kier alpha value is -0.990. The summed E-state index contributed by atoms with van der Waals surface area (Å²) in [7, 11) is 1.94. The van der Waals surface area contributed by atoms with Gasteiger partial charge in [-0.25, -0.2) is 0 Å². The van der Waals surface area contributed by atoms with E-state index in [0.717, 1.165) is 12.4 Å². The number of nitrogens with one attached hydrogen (secondary N) is 1. The molecule has 0 spiro atoms. The van der Waals surface area contributed by atoms with Crippen LogP contribution in [-0.2, 0) is 7.05 Å². The van der Waals surface area contributed by atoms with Crippen molar-refractivity contribution in [3.8, 4) is 0 Å². The summed E-state index contributed by atoms with van der Waals surface area (Å²) in [5, 5.41) is 7.59. The SMILES string of the molecule is CCCCCCCCNc1ccn(C)n1. The van der Waals surface area contributed by atoms with Crippen LogP contribution in [0.2, 0.25) is 0 Å². The molecule has 1 aromatic rings. The first-order chi connectivity index (χ1) is 7.33. The normalized spacial score (nSPS) is 10.5. The van der Waals surface area contributed by atoms with Crippen LogP contribution in [0.1, 0.15) is 45.4 Å². The third-order valence-corrected chi connectivity index (χ3v) is 2.55. The summed E-state index contributed by atoms with van der Waals surface area (Å²) in [6.45, 7) is 3.30. The summed E-state index contributed by atoms with van der Waals surface area (Å²) in [4.78, 5) is 0. The van der Waals surface area contributed by atoms with Crippen LogP contribution in [0.15, 0.2) is 12.3 Å². The van der Waals surface area contributed by atoms with E-state index in [0.29, 0.717) is 0 Å². The average molecular weight is 209 g/mol. The minimum Gasteiger partial charge on any atom is -0.369 e. The Bertz CT molecular complexity index is 255. The van der Waals surface area contributed by atoms with Crippen LogP contribution in [-0.4, -0.2) is 16.3 Å². The van der Waals surface area contributed by atoms with E-state index in [1.54, 1.807) is 0 Å². The highest BCUT2D eigenvalue weighted by atomic mass is 15.3. The van der Waals surface area contributed by atoms with Crippen LogP contribution >= 0.6 is 0 Å². The van der Waals surface area contributed by atoms with Crippen LogP contribution in [0.3, 0.4) is 0 Å². The van der Waals surface area contributed by atoms with E-state index in [2.05, 4.69) is 17.3 Å². The van der Waals surface area contributed by atoms with E-state index in [-0.39, 0.29) is 0 Å². The van der Waals surface area contributed by atoms with Crippen molar-refractivity contribution >= 4 is 5.82 Å². The molecule has 3 heteroatoms. The fourth-order valence-electron chi connectivity index (χ4n) is 1.63. The van der Waals surface area contributed by atoms with Crippen LogP contribution in [0.5, 0.6) is 0 Å². The second-order valence-electron chi connectivity index (χ2n) is 4.07. The summed E-state index contributed by atoms with van der Waals surface area (Å²) in [6.07, 6.45) is 10.0. The molecule has 1 rings (SSSR count). The highest BCUT2D eigenvalue weighted by Gasteiger charge is 1.94. The number of rotatable bonds is 8. The van der Waals surface area contributed by atoms with Gasteiger partial charge in [0, 0.05) is 25.9 Å². The Balaban J connectivity index is 1.93. The first kappa shape index (κ1) is 12.1. The molecule has 0 fully saturated rings. The summed E-state index contributed by atoms with van der Waals surface area (Å²) >= 11 is 0. The van der Waals surface area contributed by atoms with Crippen LogP contribution in [0.25, 0.3) is 0 Å². The number of aryl methyl sites for hydroxylation is 1. The molecule has 15 heavy (non-hydrogen) atoms. The van der Waals surface area contributed by atoms with Crippen molar-refractivity contribution in [1.29, 1.82) is 0 Å². The third kappa shape index (κ3) is 5.45. The maximum Gasteiger partial charge on any atom is 0.147 e. The Morgan fingerprint density at radius 1 is 1.20 bits per heavy atom. The molecule has 0 radical (unpaired) electrons. The van der Waals surface area contributed by atoms with Crippen molar-refractivity contribution in [1.82, 2.24) is 9.78 Å². The van der Waals surface area contributed by atoms with Crippen LogP contribution in [0, 0.1) is 0 Å². The number of nitrogens with zero attached hydrogens (tertiary/aromatic N) is 2. The lowest BCUT2D eigenvalue weighted by molar-refractivity contribution is 0.616. The zero-order chi connectivity index (χ0) is 10.9. The first-order valence-corrected chi connectivity index (χ1v) is 6.06. The molecule has 1 N–H and O–H groups in total. The molecule has 0 unspecified atom stereocenters. The number of hydrogen-bond donors (Lipinski definition) is 1. The lowest BCUT2D eigenvalue weighted by atomic mass is 10.1. The van der Waals surface area contributed by atoms with E-state index in [1.807, 2.05) is 24.0 Å². The van der Waals surface area contributed by atoms with Crippen molar-refractivity contribution < 1.29 is 0 Å². The van der Waals surface area contributed by atoms with Gasteiger partial charge in [-0.2, -0.15) is 5.10 Å². The van der Waals surface area contributed by atoms with Gasteiger partial charge in [0.1, 0.15) is 5.82 Å². The largest absolute Gasteiger partial charge is 0.369 e. The van der Waals surface area contributed by atoms with Gasteiger partial charge in [0.2, 0.25) is 0 Å². The van der Waals surface area contributed by atoms with Crippen LogP contribution < -0.4 is 5.32 Å². The molecule has 0 aromatic carbocycles. The second-order valence-corrected chi connectivity index (χ2v) is 4.07. The molecule has 86 valence electrons. The van der Waals surface area contributed by atoms with Crippen molar-refractivity contribution in [3.05, 3.63) is 12.3 Å². The van der Waals surface area contributed by atoms with Gasteiger partial charge in [-0.1, -0.05) is 39.0 Å². The molecule has 1 aromatic heterocycles. The molecule has 0 atom stereocenters. The highest BCUT2D eigenvalue weighted by Crippen LogP contribution is 2.06. The van der Waals surface area contributed by atoms with E-state index in [1.165, 1.54) is 38.5 Å². The smallest absolute Gasteiger partial charge is 0.147 e. The van der Waals surface area contributed by atoms with Gasteiger partial charge in [-0.15, -0.1) is 0 Å². The monoisotopic (exact) mass is 209 g/mol. The van der Waals surface area contributed by atoms with Crippen molar-refractivity contribution in [2.24, 2.45) is 7.05 Å². The second kappa shape index (κ2) is 7.32. The van der Waals surface area contributed by atoms with Gasteiger partial charge < -0.3 is 5.32 Å². The number of hydrogen-bond acceptors (Lipinski definition) is 2. The number of unbranched alkanes of at least 4 members (excludes halogenated alkanes) is 5. The Morgan fingerprint density at radius 2 is 1.93 bits per heavy atom. The van der Waals surface area contributed by atoms with Gasteiger partial charge in [-0.05, 0) is 6.42 Å². The lowest BCUT2D eigenvalue weighted by Gasteiger charge is -2.02. The molecular weight excluding hydrogens is 186 g/mol. The van der Waals surface area contributed by atoms with Crippen molar-refractivity contribution in [2.75, 3.05) is 11.9 Å². The van der Waals surface area contributed by atoms with Crippen LogP contribution in [0.4, 0.5) is 5.82 Å². The fourth-order valence-corrected chi connectivity index (χ4v) is 1.63. The van der Waals surface area contributed by atoms with E-state index >= 15 is 0 Å². The summed E-state index contributed by atoms with van der Waals surface area (Å²) in [6, 6.07) is 2.01. The highest BCUT2D eigenvalue weighted by molar-refractivity contribution is 5.31. The van der Waals surface area contributed by atoms with Gasteiger partial charge in [-0.3, -0.25) is 4.68 Å². The third-order valence-electron chi connectivity index (χ3n) is 2.55. The topological polar surface area (TPSA) is 29.9 Å². The summed E-state index contributed by atoms with van der Waals surface area (Å²) in [5.74, 6) is 0.992. The van der Waals surface area contributed by atoms with E-state index in [4.69, 9.17) is 0 Å². The maximum absolute atomic E-state index is 4.26. The van der Waals surface area contributed by atoms with E-state index < -0.39 is 0 Å². The molecule has 0 aliphatic heterocycles.